The van der Waals surface area contributed by atoms with Gasteiger partial charge in [0.2, 0.25) is 0 Å². The number of aromatic nitrogens is 3. The first-order chi connectivity index (χ1) is 8.82. The zero-order valence-electron chi connectivity index (χ0n) is 11.5. The lowest BCUT2D eigenvalue weighted by Crippen LogP contribution is -2.41. The zero-order valence-corrected chi connectivity index (χ0v) is 11.5. The van der Waals surface area contributed by atoms with Gasteiger partial charge in [0.15, 0.2) is 5.82 Å². The molecule has 2 aromatic heterocycles. The third-order valence-corrected chi connectivity index (χ3v) is 4.01. The fourth-order valence-corrected chi connectivity index (χ4v) is 2.12. The number of nitrogens with two attached hydrogens (primary N) is 1. The first-order valence-electron chi connectivity index (χ1n) is 6.25. The van der Waals surface area contributed by atoms with Crippen LogP contribution in [0, 0.1) is 0 Å². The van der Waals surface area contributed by atoms with Crippen LogP contribution in [0.2, 0.25) is 0 Å². The highest BCUT2D eigenvalue weighted by atomic mass is 16.7. The molecule has 1 saturated heterocycles. The second kappa shape index (κ2) is 3.71. The summed E-state index contributed by atoms with van der Waals surface area (Å²) < 4.78 is 13.7. The van der Waals surface area contributed by atoms with Crippen LogP contribution in [-0.2, 0) is 9.31 Å². The third kappa shape index (κ3) is 1.73. The minimum Gasteiger partial charge on any atom is -0.398 e. The number of rotatable bonds is 1. The van der Waals surface area contributed by atoms with E-state index in [1.54, 1.807) is 4.52 Å². The molecule has 0 spiro atoms. The Kier molecular flexibility index (Phi) is 2.43. The van der Waals surface area contributed by atoms with E-state index < -0.39 is 7.12 Å². The van der Waals surface area contributed by atoms with Crippen LogP contribution in [-0.4, -0.2) is 32.9 Å². The Morgan fingerprint density at radius 3 is 2.42 bits per heavy atom. The molecule has 1 aliphatic heterocycles. The maximum absolute atomic E-state index is 6.01. The molecule has 2 N–H and O–H groups in total. The Morgan fingerprint density at radius 1 is 1.16 bits per heavy atom. The van der Waals surface area contributed by atoms with E-state index in [2.05, 4.69) is 10.1 Å². The summed E-state index contributed by atoms with van der Waals surface area (Å²) in [6.45, 7) is 8.08. The Balaban J connectivity index is 2.06. The molecular weight excluding hydrogens is 243 g/mol. The lowest BCUT2D eigenvalue weighted by atomic mass is 9.85. The fourth-order valence-electron chi connectivity index (χ4n) is 2.12. The van der Waals surface area contributed by atoms with E-state index in [1.165, 1.54) is 6.33 Å². The van der Waals surface area contributed by atoms with Gasteiger partial charge in [0.25, 0.3) is 0 Å². The van der Waals surface area contributed by atoms with Crippen molar-refractivity contribution in [1.82, 2.24) is 14.6 Å². The van der Waals surface area contributed by atoms with Crippen LogP contribution in [0.1, 0.15) is 27.7 Å². The molecule has 0 amide bonds. The van der Waals surface area contributed by atoms with Crippen LogP contribution in [0.15, 0.2) is 18.5 Å². The van der Waals surface area contributed by atoms with E-state index in [4.69, 9.17) is 15.0 Å². The summed E-state index contributed by atoms with van der Waals surface area (Å²) in [5.41, 5.74) is 6.65. The van der Waals surface area contributed by atoms with Crippen LogP contribution in [0.5, 0.6) is 0 Å². The van der Waals surface area contributed by atoms with E-state index in [-0.39, 0.29) is 11.2 Å². The summed E-state index contributed by atoms with van der Waals surface area (Å²) in [7, 11) is -0.457. The quantitative estimate of drug-likeness (QED) is 0.760. The van der Waals surface area contributed by atoms with Crippen molar-refractivity contribution in [2.45, 2.75) is 38.9 Å². The average Bonchev–Trinajstić information content (AvgIpc) is 2.80. The predicted octanol–water partition coefficient (Wildman–Crippen LogP) is 0.611. The van der Waals surface area contributed by atoms with Gasteiger partial charge in [-0.1, -0.05) is 0 Å². The van der Waals surface area contributed by atoms with Crippen molar-refractivity contribution in [1.29, 1.82) is 0 Å². The number of nitrogens with zero attached hydrogens (tertiary/aromatic N) is 3. The van der Waals surface area contributed by atoms with Gasteiger partial charge in [-0.15, -0.1) is 0 Å². The summed E-state index contributed by atoms with van der Waals surface area (Å²) in [6.07, 6.45) is 1.43. The molecule has 0 radical (unpaired) electrons. The van der Waals surface area contributed by atoms with E-state index in [0.29, 0.717) is 5.82 Å². The highest BCUT2D eigenvalue weighted by Crippen LogP contribution is 2.36. The van der Waals surface area contributed by atoms with Gasteiger partial charge in [0.1, 0.15) is 11.8 Å². The molecular formula is C12H17BN4O2. The van der Waals surface area contributed by atoms with Gasteiger partial charge in [-0.05, 0) is 39.8 Å². The van der Waals surface area contributed by atoms with Crippen LogP contribution >= 0.6 is 0 Å². The molecule has 2 aromatic rings. The van der Waals surface area contributed by atoms with E-state index >= 15 is 0 Å². The minimum atomic E-state index is -0.457. The number of fused-ring (bicyclic) bond motifs is 1. The second-order valence-electron chi connectivity index (χ2n) is 5.79. The summed E-state index contributed by atoms with van der Waals surface area (Å²) in [4.78, 5) is 3.97. The smallest absolute Gasteiger partial charge is 0.398 e. The van der Waals surface area contributed by atoms with Gasteiger partial charge in [-0.25, -0.2) is 9.50 Å². The van der Waals surface area contributed by atoms with Crippen molar-refractivity contribution in [2.75, 3.05) is 5.73 Å². The Labute approximate surface area is 112 Å². The standard InChI is InChI=1S/C12H17BN4O2/c1-11(2)12(3,4)19-13(18-11)9-6-5-8-10(14)15-7-16-17(8)9/h5-7H,1-4H3,(H2,14,15,16). The first-order valence-corrected chi connectivity index (χ1v) is 6.25. The van der Waals surface area contributed by atoms with Gasteiger partial charge < -0.3 is 15.0 Å². The monoisotopic (exact) mass is 260 g/mol. The number of hydrogen-bond acceptors (Lipinski definition) is 5. The summed E-state index contributed by atoms with van der Waals surface area (Å²) >= 11 is 0. The molecule has 1 aliphatic rings. The number of hydrogen-bond donors (Lipinski definition) is 1. The molecule has 0 saturated carbocycles. The molecule has 0 unspecified atom stereocenters. The number of nitrogen functional groups attached to an aromatic ring is 1. The molecule has 3 rings (SSSR count). The molecule has 7 heteroatoms. The van der Waals surface area contributed by atoms with E-state index in [0.717, 1.165) is 11.1 Å². The van der Waals surface area contributed by atoms with Gasteiger partial charge in [0.05, 0.1) is 16.8 Å². The SMILES string of the molecule is CC1(C)OB(c2ccc3c(N)ncnn23)OC1(C)C. The van der Waals surface area contributed by atoms with Crippen LogP contribution in [0.4, 0.5) is 5.82 Å². The van der Waals surface area contributed by atoms with Crippen LogP contribution in [0.25, 0.3) is 5.52 Å². The molecule has 1 fully saturated rings. The molecule has 100 valence electrons. The lowest BCUT2D eigenvalue weighted by molar-refractivity contribution is 0.00578. The molecule has 0 aliphatic carbocycles. The van der Waals surface area contributed by atoms with E-state index in [9.17, 15) is 0 Å². The molecule has 0 aromatic carbocycles. The van der Waals surface area contributed by atoms with Gasteiger partial charge in [0, 0.05) is 0 Å². The fraction of sp³-hybridized carbons (Fsp3) is 0.500. The summed E-state index contributed by atoms with van der Waals surface area (Å²) in [6, 6.07) is 3.78. The molecule has 0 bridgehead atoms. The molecule has 6 nitrogen and oxygen atoms in total. The van der Waals surface area contributed by atoms with Crippen molar-refractivity contribution in [3.05, 3.63) is 18.5 Å². The minimum absolute atomic E-state index is 0.375. The highest BCUT2D eigenvalue weighted by Gasteiger charge is 2.52. The van der Waals surface area contributed by atoms with Gasteiger partial charge in [-0.2, -0.15) is 5.10 Å². The lowest BCUT2D eigenvalue weighted by Gasteiger charge is -2.32. The van der Waals surface area contributed by atoms with Crippen LogP contribution < -0.4 is 11.3 Å². The average molecular weight is 260 g/mol. The maximum Gasteiger partial charge on any atom is 0.514 e. The molecule has 19 heavy (non-hydrogen) atoms. The Bertz CT molecular complexity index is 622. The second-order valence-corrected chi connectivity index (χ2v) is 5.79. The van der Waals surface area contributed by atoms with Gasteiger partial charge >= 0.3 is 7.12 Å². The zero-order chi connectivity index (χ0) is 13.8. The predicted molar refractivity (Wildman–Crippen MR) is 73.1 cm³/mol. The highest BCUT2D eigenvalue weighted by molar-refractivity contribution is 6.61. The summed E-state index contributed by atoms with van der Waals surface area (Å²) in [5, 5.41) is 4.21. The molecule has 3 heterocycles. The number of anilines is 1. The van der Waals surface area contributed by atoms with Crippen LogP contribution in [0.3, 0.4) is 0 Å². The topological polar surface area (TPSA) is 74.7 Å². The van der Waals surface area contributed by atoms with Crippen molar-refractivity contribution in [3.63, 3.8) is 0 Å². The van der Waals surface area contributed by atoms with Crippen molar-refractivity contribution in [2.24, 2.45) is 0 Å². The first kappa shape index (κ1) is 12.4. The largest absolute Gasteiger partial charge is 0.514 e. The van der Waals surface area contributed by atoms with Crippen molar-refractivity contribution >= 4 is 24.0 Å². The third-order valence-electron chi connectivity index (χ3n) is 4.01. The van der Waals surface area contributed by atoms with Crippen molar-refractivity contribution < 1.29 is 9.31 Å². The maximum atomic E-state index is 6.01. The molecule has 0 atom stereocenters. The van der Waals surface area contributed by atoms with Gasteiger partial charge in [-0.3, -0.25) is 0 Å². The van der Waals surface area contributed by atoms with Crippen molar-refractivity contribution in [3.8, 4) is 0 Å². The van der Waals surface area contributed by atoms with E-state index in [1.807, 2.05) is 39.8 Å². The summed E-state index contributed by atoms with van der Waals surface area (Å²) in [5.74, 6) is 0.442. The Morgan fingerprint density at radius 2 is 1.79 bits per heavy atom. The Hall–Kier alpha value is -1.60. The normalized spacial score (nSPS) is 21.2.